The van der Waals surface area contributed by atoms with Crippen LogP contribution in [-0.4, -0.2) is 16.4 Å². The van der Waals surface area contributed by atoms with E-state index in [4.69, 9.17) is 4.74 Å². The van der Waals surface area contributed by atoms with Crippen molar-refractivity contribution in [2.24, 2.45) is 0 Å². The summed E-state index contributed by atoms with van der Waals surface area (Å²) in [4.78, 5) is 4.64. The SMILES string of the molecule is Cc1nc2ccc(Br)cc2c2c1C[C@H](CBr)O2. The molecule has 88 valence electrons. The van der Waals surface area contributed by atoms with Crippen molar-refractivity contribution in [2.45, 2.75) is 19.4 Å². The fraction of sp³-hybridized carbons (Fsp3) is 0.308. The fourth-order valence-corrected chi connectivity index (χ4v) is 2.98. The highest BCUT2D eigenvalue weighted by molar-refractivity contribution is 9.10. The van der Waals surface area contributed by atoms with Gasteiger partial charge in [0.05, 0.1) is 5.52 Å². The molecule has 1 atom stereocenters. The van der Waals surface area contributed by atoms with E-state index in [2.05, 4.69) is 49.8 Å². The predicted octanol–water partition coefficient (Wildman–Crippen LogP) is 4.00. The van der Waals surface area contributed by atoms with Gasteiger partial charge in [-0.2, -0.15) is 0 Å². The number of fused-ring (bicyclic) bond motifs is 3. The molecule has 0 spiro atoms. The number of ether oxygens (including phenoxy) is 1. The first-order valence-electron chi connectivity index (χ1n) is 5.50. The number of nitrogens with zero attached hydrogens (tertiary/aromatic N) is 1. The van der Waals surface area contributed by atoms with Crippen LogP contribution in [-0.2, 0) is 6.42 Å². The Hall–Kier alpha value is -0.610. The molecule has 2 heterocycles. The zero-order chi connectivity index (χ0) is 12.0. The molecule has 0 bridgehead atoms. The van der Waals surface area contributed by atoms with E-state index in [0.29, 0.717) is 0 Å². The Balaban J connectivity index is 2.28. The molecule has 1 aliphatic rings. The van der Waals surface area contributed by atoms with Gasteiger partial charge in [0, 0.05) is 32.9 Å². The number of aryl methyl sites for hydroxylation is 1. The van der Waals surface area contributed by atoms with Crippen LogP contribution in [0.2, 0.25) is 0 Å². The maximum atomic E-state index is 6.00. The standard InChI is InChI=1S/C13H11Br2NO/c1-7-10-5-9(6-14)17-13(10)11-4-8(15)2-3-12(11)16-7/h2-4,9H,5-6H2,1H3/t9-/m1/s1. The van der Waals surface area contributed by atoms with Crippen molar-refractivity contribution in [2.75, 3.05) is 5.33 Å². The average Bonchev–Trinajstić information content (AvgIpc) is 2.75. The number of pyridine rings is 1. The maximum Gasteiger partial charge on any atom is 0.134 e. The first kappa shape index (κ1) is 11.5. The lowest BCUT2D eigenvalue weighted by Gasteiger charge is -2.09. The summed E-state index contributed by atoms with van der Waals surface area (Å²) in [6, 6.07) is 6.12. The van der Waals surface area contributed by atoms with Crippen LogP contribution in [0.4, 0.5) is 0 Å². The van der Waals surface area contributed by atoms with E-state index >= 15 is 0 Å². The molecule has 1 aromatic carbocycles. The van der Waals surface area contributed by atoms with Gasteiger partial charge in [-0.3, -0.25) is 4.98 Å². The lowest BCUT2D eigenvalue weighted by atomic mass is 10.1. The van der Waals surface area contributed by atoms with E-state index in [1.54, 1.807) is 0 Å². The van der Waals surface area contributed by atoms with Gasteiger partial charge in [0.2, 0.25) is 0 Å². The van der Waals surface area contributed by atoms with Gasteiger partial charge >= 0.3 is 0 Å². The van der Waals surface area contributed by atoms with Crippen molar-refractivity contribution >= 4 is 42.8 Å². The number of benzene rings is 1. The van der Waals surface area contributed by atoms with Gasteiger partial charge < -0.3 is 4.74 Å². The van der Waals surface area contributed by atoms with Crippen molar-refractivity contribution in [1.82, 2.24) is 4.98 Å². The van der Waals surface area contributed by atoms with Crippen molar-refractivity contribution in [3.63, 3.8) is 0 Å². The highest BCUT2D eigenvalue weighted by Gasteiger charge is 2.26. The number of hydrogen-bond acceptors (Lipinski definition) is 2. The molecule has 1 aromatic heterocycles. The van der Waals surface area contributed by atoms with Crippen LogP contribution in [0.5, 0.6) is 5.75 Å². The highest BCUT2D eigenvalue weighted by atomic mass is 79.9. The Morgan fingerprint density at radius 2 is 2.29 bits per heavy atom. The molecular weight excluding hydrogens is 346 g/mol. The molecule has 4 heteroatoms. The quantitative estimate of drug-likeness (QED) is 0.720. The van der Waals surface area contributed by atoms with Crippen LogP contribution in [0.3, 0.4) is 0 Å². The summed E-state index contributed by atoms with van der Waals surface area (Å²) in [5.74, 6) is 1.01. The van der Waals surface area contributed by atoms with Gasteiger partial charge in [0.25, 0.3) is 0 Å². The summed E-state index contributed by atoms with van der Waals surface area (Å²) in [6.07, 6.45) is 1.18. The number of rotatable bonds is 1. The Morgan fingerprint density at radius 3 is 3.06 bits per heavy atom. The molecule has 2 aromatic rings. The molecule has 1 aliphatic heterocycles. The van der Waals surface area contributed by atoms with E-state index in [1.807, 2.05) is 12.1 Å². The summed E-state index contributed by atoms with van der Waals surface area (Å²) >= 11 is 6.98. The summed E-state index contributed by atoms with van der Waals surface area (Å²) in [7, 11) is 0. The molecule has 0 radical (unpaired) electrons. The first-order chi connectivity index (χ1) is 8.19. The van der Waals surface area contributed by atoms with Gasteiger partial charge in [-0.1, -0.05) is 31.9 Å². The average molecular weight is 357 g/mol. The van der Waals surface area contributed by atoms with Crippen LogP contribution >= 0.6 is 31.9 Å². The molecule has 3 rings (SSSR count). The Bertz CT molecular complexity index is 597. The smallest absolute Gasteiger partial charge is 0.134 e. The Morgan fingerprint density at radius 1 is 1.47 bits per heavy atom. The van der Waals surface area contributed by atoms with Crippen molar-refractivity contribution in [1.29, 1.82) is 0 Å². The second-order valence-corrected chi connectivity index (χ2v) is 5.83. The minimum atomic E-state index is 0.232. The van der Waals surface area contributed by atoms with Gasteiger partial charge in [0.1, 0.15) is 11.9 Å². The highest BCUT2D eigenvalue weighted by Crippen LogP contribution is 2.38. The lowest BCUT2D eigenvalue weighted by molar-refractivity contribution is 0.263. The van der Waals surface area contributed by atoms with Gasteiger partial charge in [0.15, 0.2) is 0 Å². The number of halogens is 2. The minimum Gasteiger partial charge on any atom is -0.488 e. The number of alkyl halides is 1. The van der Waals surface area contributed by atoms with Crippen LogP contribution in [0.15, 0.2) is 22.7 Å². The first-order valence-corrected chi connectivity index (χ1v) is 7.42. The predicted molar refractivity (Wildman–Crippen MR) is 76.1 cm³/mol. The van der Waals surface area contributed by atoms with E-state index < -0.39 is 0 Å². The molecule has 0 amide bonds. The zero-order valence-electron chi connectivity index (χ0n) is 9.34. The van der Waals surface area contributed by atoms with E-state index in [-0.39, 0.29) is 6.10 Å². The monoisotopic (exact) mass is 355 g/mol. The third-order valence-corrected chi connectivity index (χ3v) is 4.31. The molecular formula is C13H11Br2NO. The molecule has 0 aliphatic carbocycles. The van der Waals surface area contributed by atoms with Gasteiger partial charge in [-0.25, -0.2) is 0 Å². The zero-order valence-corrected chi connectivity index (χ0v) is 12.5. The second-order valence-electron chi connectivity index (χ2n) is 4.26. The molecule has 2 nitrogen and oxygen atoms in total. The van der Waals surface area contributed by atoms with E-state index in [9.17, 15) is 0 Å². The summed E-state index contributed by atoms with van der Waals surface area (Å²) in [5.41, 5.74) is 3.33. The summed E-state index contributed by atoms with van der Waals surface area (Å²) in [6.45, 7) is 2.06. The second kappa shape index (κ2) is 4.25. The number of hydrogen-bond donors (Lipinski definition) is 0. The normalized spacial score (nSPS) is 18.2. The lowest BCUT2D eigenvalue weighted by Crippen LogP contribution is -2.13. The van der Waals surface area contributed by atoms with Crippen LogP contribution in [0, 0.1) is 6.92 Å². The third-order valence-electron chi connectivity index (χ3n) is 3.09. The Kier molecular flexibility index (Phi) is 2.87. The number of aromatic nitrogens is 1. The van der Waals surface area contributed by atoms with Crippen molar-refractivity contribution in [3.8, 4) is 5.75 Å². The Labute approximate surface area is 117 Å². The fourth-order valence-electron chi connectivity index (χ4n) is 2.26. The van der Waals surface area contributed by atoms with Crippen LogP contribution < -0.4 is 4.74 Å². The molecule has 0 fully saturated rings. The third kappa shape index (κ3) is 1.87. The van der Waals surface area contributed by atoms with Crippen LogP contribution in [0.1, 0.15) is 11.3 Å². The molecule has 0 unspecified atom stereocenters. The maximum absolute atomic E-state index is 6.00. The van der Waals surface area contributed by atoms with Gasteiger partial charge in [-0.15, -0.1) is 0 Å². The molecule has 0 saturated carbocycles. The summed E-state index contributed by atoms with van der Waals surface area (Å²) < 4.78 is 7.06. The van der Waals surface area contributed by atoms with E-state index in [0.717, 1.165) is 38.6 Å². The van der Waals surface area contributed by atoms with Crippen molar-refractivity contribution < 1.29 is 4.74 Å². The summed E-state index contributed by atoms with van der Waals surface area (Å²) in [5, 5.41) is 1.96. The van der Waals surface area contributed by atoms with Crippen LogP contribution in [0.25, 0.3) is 10.9 Å². The molecule has 17 heavy (non-hydrogen) atoms. The van der Waals surface area contributed by atoms with Gasteiger partial charge in [-0.05, 0) is 25.1 Å². The topological polar surface area (TPSA) is 22.1 Å². The van der Waals surface area contributed by atoms with E-state index in [1.165, 1.54) is 5.56 Å². The minimum absolute atomic E-state index is 0.232. The largest absolute Gasteiger partial charge is 0.488 e. The van der Waals surface area contributed by atoms with Crippen molar-refractivity contribution in [3.05, 3.63) is 33.9 Å². The molecule has 0 N–H and O–H groups in total. The molecule has 0 saturated heterocycles.